The van der Waals surface area contributed by atoms with Crippen LogP contribution in [0.5, 0.6) is 0 Å². The minimum atomic E-state index is 0.571. The molecule has 0 aliphatic heterocycles. The predicted octanol–water partition coefficient (Wildman–Crippen LogP) is 3.64. The molecule has 0 atom stereocenters. The third kappa shape index (κ3) is 4.29. The molecule has 0 amide bonds. The van der Waals surface area contributed by atoms with E-state index in [1.165, 1.54) is 5.56 Å². The highest BCUT2D eigenvalue weighted by atomic mass is 79.9. The van der Waals surface area contributed by atoms with Crippen molar-refractivity contribution in [3.8, 4) is 0 Å². The van der Waals surface area contributed by atoms with Crippen molar-refractivity contribution in [1.29, 1.82) is 0 Å². The van der Waals surface area contributed by atoms with E-state index in [9.17, 15) is 0 Å². The van der Waals surface area contributed by atoms with Gasteiger partial charge in [-0.15, -0.1) is 0 Å². The van der Waals surface area contributed by atoms with Crippen LogP contribution in [0, 0.1) is 6.92 Å². The van der Waals surface area contributed by atoms with E-state index in [0.717, 1.165) is 15.9 Å². The number of rotatable bonds is 3. The summed E-state index contributed by atoms with van der Waals surface area (Å²) in [6.07, 6.45) is 1.75. The van der Waals surface area contributed by atoms with E-state index < -0.39 is 0 Å². The normalized spacial score (nSPS) is 10.0. The number of thiocarbonyl (C=S) groups is 1. The number of nitrogens with zero attached hydrogens (tertiary/aromatic N) is 1. The van der Waals surface area contributed by atoms with Gasteiger partial charge >= 0.3 is 0 Å². The van der Waals surface area contributed by atoms with Crippen LogP contribution >= 0.6 is 28.1 Å². The molecule has 2 aromatic rings. The predicted molar refractivity (Wildman–Crippen MR) is 86.2 cm³/mol. The second kappa shape index (κ2) is 6.63. The zero-order valence-electron chi connectivity index (χ0n) is 10.5. The van der Waals surface area contributed by atoms with Gasteiger partial charge in [-0.3, -0.25) is 0 Å². The third-order valence-electron chi connectivity index (χ3n) is 2.57. The van der Waals surface area contributed by atoms with E-state index >= 15 is 0 Å². The van der Waals surface area contributed by atoms with E-state index in [1.54, 1.807) is 6.20 Å². The van der Waals surface area contributed by atoms with E-state index in [1.807, 2.05) is 31.2 Å². The molecule has 98 valence electrons. The highest BCUT2D eigenvalue weighted by Gasteiger charge is 2.03. The second-order valence-corrected chi connectivity index (χ2v) is 5.44. The van der Waals surface area contributed by atoms with Gasteiger partial charge in [-0.1, -0.05) is 30.3 Å². The fraction of sp³-hybridized carbons (Fsp3) is 0.143. The fourth-order valence-electron chi connectivity index (χ4n) is 1.60. The van der Waals surface area contributed by atoms with Crippen molar-refractivity contribution < 1.29 is 0 Å². The number of aryl methyl sites for hydroxylation is 1. The Kier molecular flexibility index (Phi) is 4.87. The summed E-state index contributed by atoms with van der Waals surface area (Å²) in [7, 11) is 0. The lowest BCUT2D eigenvalue weighted by Gasteiger charge is -2.11. The summed E-state index contributed by atoms with van der Waals surface area (Å²) in [5, 5.41) is 6.83. The summed E-state index contributed by atoms with van der Waals surface area (Å²) in [4.78, 5) is 4.29. The van der Waals surface area contributed by atoms with Crippen molar-refractivity contribution in [1.82, 2.24) is 10.3 Å². The van der Waals surface area contributed by atoms with Crippen molar-refractivity contribution in [3.63, 3.8) is 0 Å². The summed E-state index contributed by atoms with van der Waals surface area (Å²) in [6.45, 7) is 2.68. The van der Waals surface area contributed by atoms with Crippen LogP contribution in [-0.2, 0) is 6.54 Å². The Labute approximate surface area is 126 Å². The number of halogens is 1. The first-order valence-electron chi connectivity index (χ1n) is 5.86. The Morgan fingerprint density at radius 3 is 2.74 bits per heavy atom. The maximum absolute atomic E-state index is 5.25. The van der Waals surface area contributed by atoms with Gasteiger partial charge in [0.2, 0.25) is 0 Å². The van der Waals surface area contributed by atoms with Crippen LogP contribution in [-0.4, -0.2) is 10.1 Å². The summed E-state index contributed by atoms with van der Waals surface area (Å²) in [6, 6.07) is 12.1. The maximum atomic E-state index is 5.25. The summed E-state index contributed by atoms with van der Waals surface area (Å²) >= 11 is 8.64. The van der Waals surface area contributed by atoms with Crippen LogP contribution in [0.2, 0.25) is 0 Å². The molecule has 5 heteroatoms. The molecule has 1 aromatic heterocycles. The molecule has 0 saturated heterocycles. The summed E-state index contributed by atoms with van der Waals surface area (Å²) in [5.41, 5.74) is 2.23. The number of hydrogen-bond donors (Lipinski definition) is 2. The Morgan fingerprint density at radius 1 is 1.32 bits per heavy atom. The lowest BCUT2D eigenvalue weighted by atomic mass is 10.2. The molecule has 0 aliphatic rings. The van der Waals surface area contributed by atoms with Crippen molar-refractivity contribution in [2.24, 2.45) is 0 Å². The molecule has 0 fully saturated rings. The van der Waals surface area contributed by atoms with Crippen molar-refractivity contribution in [2.45, 2.75) is 13.5 Å². The number of benzene rings is 1. The summed E-state index contributed by atoms with van der Waals surface area (Å²) < 4.78 is 0.957. The molecule has 2 N–H and O–H groups in total. The van der Waals surface area contributed by atoms with Crippen LogP contribution in [0.1, 0.15) is 11.1 Å². The molecule has 0 aliphatic carbocycles. The smallest absolute Gasteiger partial charge is 0.172 e. The minimum Gasteiger partial charge on any atom is -0.358 e. The van der Waals surface area contributed by atoms with E-state index in [0.29, 0.717) is 11.7 Å². The Morgan fingerprint density at radius 2 is 2.05 bits per heavy atom. The third-order valence-corrected chi connectivity index (χ3v) is 3.25. The van der Waals surface area contributed by atoms with Crippen LogP contribution < -0.4 is 10.6 Å². The first-order valence-corrected chi connectivity index (χ1v) is 7.06. The standard InChI is InChI=1S/C14H14BrN3S/c1-10-7-12(15)9-16-13(10)18-14(19)17-8-11-5-3-2-4-6-11/h2-7,9H,8H2,1H3,(H2,16,17,18,19). The van der Waals surface area contributed by atoms with Gasteiger partial charge < -0.3 is 10.6 Å². The summed E-state index contributed by atoms with van der Waals surface area (Å²) in [5.74, 6) is 0.772. The van der Waals surface area contributed by atoms with Crippen LogP contribution in [0.15, 0.2) is 47.1 Å². The molecule has 19 heavy (non-hydrogen) atoms. The fourth-order valence-corrected chi connectivity index (χ4v) is 2.22. The second-order valence-electron chi connectivity index (χ2n) is 4.11. The van der Waals surface area contributed by atoms with Gasteiger partial charge in [-0.25, -0.2) is 4.98 Å². The van der Waals surface area contributed by atoms with Crippen LogP contribution in [0.25, 0.3) is 0 Å². The molecule has 0 saturated carbocycles. The zero-order valence-corrected chi connectivity index (χ0v) is 12.9. The first-order chi connectivity index (χ1) is 9.15. The van der Waals surface area contributed by atoms with E-state index in [4.69, 9.17) is 12.2 Å². The highest BCUT2D eigenvalue weighted by Crippen LogP contribution is 2.16. The molecular weight excluding hydrogens is 322 g/mol. The largest absolute Gasteiger partial charge is 0.358 e. The number of anilines is 1. The number of aromatic nitrogens is 1. The van der Waals surface area contributed by atoms with Gasteiger partial charge in [0.25, 0.3) is 0 Å². The molecule has 0 radical (unpaired) electrons. The molecule has 0 unspecified atom stereocenters. The van der Waals surface area contributed by atoms with Gasteiger partial charge in [0.1, 0.15) is 5.82 Å². The van der Waals surface area contributed by atoms with Crippen molar-refractivity contribution >= 4 is 39.1 Å². The average molecular weight is 336 g/mol. The zero-order chi connectivity index (χ0) is 13.7. The molecule has 1 heterocycles. The van der Waals surface area contributed by atoms with Crippen LogP contribution in [0.4, 0.5) is 5.82 Å². The van der Waals surface area contributed by atoms with Gasteiger partial charge in [-0.2, -0.15) is 0 Å². The van der Waals surface area contributed by atoms with Gasteiger partial charge in [0, 0.05) is 17.2 Å². The Bertz CT molecular complexity index is 572. The monoisotopic (exact) mass is 335 g/mol. The Balaban J connectivity index is 1.91. The minimum absolute atomic E-state index is 0.571. The number of hydrogen-bond acceptors (Lipinski definition) is 2. The molecule has 2 rings (SSSR count). The van der Waals surface area contributed by atoms with Gasteiger partial charge in [-0.05, 0) is 52.3 Å². The van der Waals surface area contributed by atoms with Crippen LogP contribution in [0.3, 0.4) is 0 Å². The topological polar surface area (TPSA) is 37.0 Å². The first kappa shape index (κ1) is 14.0. The van der Waals surface area contributed by atoms with E-state index in [-0.39, 0.29) is 0 Å². The van der Waals surface area contributed by atoms with Gasteiger partial charge in [0.05, 0.1) is 0 Å². The highest BCUT2D eigenvalue weighted by molar-refractivity contribution is 9.10. The van der Waals surface area contributed by atoms with Gasteiger partial charge in [0.15, 0.2) is 5.11 Å². The molecule has 0 spiro atoms. The molecule has 3 nitrogen and oxygen atoms in total. The number of pyridine rings is 1. The lowest BCUT2D eigenvalue weighted by molar-refractivity contribution is 0.924. The average Bonchev–Trinajstić information content (AvgIpc) is 2.41. The van der Waals surface area contributed by atoms with Crippen molar-refractivity contribution in [2.75, 3.05) is 5.32 Å². The Hall–Kier alpha value is -1.46. The number of nitrogens with one attached hydrogen (secondary N) is 2. The molecule has 1 aromatic carbocycles. The quantitative estimate of drug-likeness (QED) is 0.839. The van der Waals surface area contributed by atoms with Crippen molar-refractivity contribution in [3.05, 3.63) is 58.2 Å². The lowest BCUT2D eigenvalue weighted by Crippen LogP contribution is -2.28. The molecule has 0 bridgehead atoms. The SMILES string of the molecule is Cc1cc(Br)cnc1NC(=S)NCc1ccccc1. The van der Waals surface area contributed by atoms with E-state index in [2.05, 4.69) is 43.7 Å². The molecular formula is C14H14BrN3S. The maximum Gasteiger partial charge on any atom is 0.172 e.